The quantitative estimate of drug-likeness (QED) is 0.693. The molecule has 0 aliphatic rings. The minimum absolute atomic E-state index is 0.626. The van der Waals surface area contributed by atoms with Crippen LogP contribution in [0.1, 0.15) is 12.0 Å². The molecule has 0 radical (unpaired) electrons. The second kappa shape index (κ2) is 8.61. The third-order valence-corrected chi connectivity index (χ3v) is 2.80. The van der Waals surface area contributed by atoms with Crippen molar-refractivity contribution in [2.75, 3.05) is 41.6 Å². The molecule has 108 valence electrons. The molecule has 0 amide bonds. The lowest BCUT2D eigenvalue weighted by molar-refractivity contribution is 0.194. The van der Waals surface area contributed by atoms with E-state index in [4.69, 9.17) is 18.9 Å². The Morgan fingerprint density at radius 3 is 2.26 bits per heavy atom. The van der Waals surface area contributed by atoms with Gasteiger partial charge in [-0.1, -0.05) is 6.07 Å². The molecule has 0 bridgehead atoms. The van der Waals surface area contributed by atoms with Crippen molar-refractivity contribution in [3.05, 3.63) is 17.7 Å². The number of methoxy groups -OCH3 is 4. The molecule has 0 saturated carbocycles. The standard InChI is InChI=1S/C14H23NO4/c1-16-9-5-8-15-10-11-6-7-12(17-2)14(19-4)13(11)18-3/h6-7,15H,5,8-10H2,1-4H3. The van der Waals surface area contributed by atoms with Crippen molar-refractivity contribution in [3.8, 4) is 17.2 Å². The Bertz CT molecular complexity index is 382. The highest BCUT2D eigenvalue weighted by Crippen LogP contribution is 2.39. The summed E-state index contributed by atoms with van der Waals surface area (Å²) in [7, 11) is 6.55. The first kappa shape index (κ1) is 15.6. The van der Waals surface area contributed by atoms with Crippen LogP contribution in [0.4, 0.5) is 0 Å². The molecule has 0 aliphatic carbocycles. The highest BCUT2D eigenvalue weighted by atomic mass is 16.5. The van der Waals surface area contributed by atoms with Gasteiger partial charge in [-0.05, 0) is 19.0 Å². The second-order valence-corrected chi connectivity index (χ2v) is 4.02. The van der Waals surface area contributed by atoms with Gasteiger partial charge in [0.05, 0.1) is 21.3 Å². The number of nitrogens with one attached hydrogen (secondary N) is 1. The second-order valence-electron chi connectivity index (χ2n) is 4.02. The van der Waals surface area contributed by atoms with Crippen molar-refractivity contribution >= 4 is 0 Å². The molecule has 1 N–H and O–H groups in total. The van der Waals surface area contributed by atoms with Gasteiger partial charge in [-0.3, -0.25) is 0 Å². The smallest absolute Gasteiger partial charge is 0.203 e. The van der Waals surface area contributed by atoms with E-state index in [9.17, 15) is 0 Å². The zero-order chi connectivity index (χ0) is 14.1. The zero-order valence-corrected chi connectivity index (χ0v) is 12.1. The fourth-order valence-electron chi connectivity index (χ4n) is 1.87. The molecule has 0 heterocycles. The van der Waals surface area contributed by atoms with Crippen LogP contribution < -0.4 is 19.5 Å². The van der Waals surface area contributed by atoms with Crippen LogP contribution in [0.5, 0.6) is 17.2 Å². The maximum atomic E-state index is 5.42. The molecule has 0 aliphatic heterocycles. The van der Waals surface area contributed by atoms with Crippen molar-refractivity contribution in [3.63, 3.8) is 0 Å². The molecule has 0 aromatic heterocycles. The Morgan fingerprint density at radius 2 is 1.68 bits per heavy atom. The van der Waals surface area contributed by atoms with Crippen LogP contribution in [-0.2, 0) is 11.3 Å². The van der Waals surface area contributed by atoms with Gasteiger partial charge in [0.1, 0.15) is 0 Å². The number of ether oxygens (including phenoxy) is 4. The van der Waals surface area contributed by atoms with Crippen LogP contribution in [0.15, 0.2) is 12.1 Å². The fourth-order valence-corrected chi connectivity index (χ4v) is 1.87. The highest BCUT2D eigenvalue weighted by molar-refractivity contribution is 5.55. The molecule has 0 spiro atoms. The van der Waals surface area contributed by atoms with Crippen LogP contribution in [0.2, 0.25) is 0 Å². The minimum atomic E-state index is 0.626. The third-order valence-electron chi connectivity index (χ3n) is 2.80. The van der Waals surface area contributed by atoms with Crippen molar-refractivity contribution < 1.29 is 18.9 Å². The van der Waals surface area contributed by atoms with Gasteiger partial charge < -0.3 is 24.3 Å². The van der Waals surface area contributed by atoms with Gasteiger partial charge in [0.15, 0.2) is 11.5 Å². The average molecular weight is 269 g/mol. The Morgan fingerprint density at radius 1 is 0.947 bits per heavy atom. The van der Waals surface area contributed by atoms with Gasteiger partial charge in [0, 0.05) is 25.8 Å². The number of rotatable bonds is 9. The SMILES string of the molecule is COCCCNCc1ccc(OC)c(OC)c1OC. The van der Waals surface area contributed by atoms with Gasteiger partial charge in [-0.15, -0.1) is 0 Å². The molecule has 0 unspecified atom stereocenters. The predicted octanol–water partition coefficient (Wildman–Crippen LogP) is 1.84. The topological polar surface area (TPSA) is 49.0 Å². The summed E-state index contributed by atoms with van der Waals surface area (Å²) in [4.78, 5) is 0. The van der Waals surface area contributed by atoms with Crippen LogP contribution in [0.25, 0.3) is 0 Å². The summed E-state index contributed by atoms with van der Waals surface area (Å²) < 4.78 is 21.0. The van der Waals surface area contributed by atoms with E-state index >= 15 is 0 Å². The van der Waals surface area contributed by atoms with Crippen molar-refractivity contribution in [2.24, 2.45) is 0 Å². The first-order chi connectivity index (χ1) is 9.28. The van der Waals surface area contributed by atoms with E-state index in [1.807, 2.05) is 12.1 Å². The Labute approximate surface area is 114 Å². The lowest BCUT2D eigenvalue weighted by Crippen LogP contribution is -2.16. The Kier molecular flexibility index (Phi) is 7.07. The van der Waals surface area contributed by atoms with Gasteiger partial charge in [0.2, 0.25) is 5.75 Å². The molecule has 5 nitrogen and oxygen atoms in total. The van der Waals surface area contributed by atoms with E-state index < -0.39 is 0 Å². The van der Waals surface area contributed by atoms with Gasteiger partial charge in [0.25, 0.3) is 0 Å². The summed E-state index contributed by atoms with van der Waals surface area (Å²) >= 11 is 0. The Balaban J connectivity index is 2.72. The molecule has 1 aromatic carbocycles. The summed E-state index contributed by atoms with van der Waals surface area (Å²) in [6.07, 6.45) is 0.978. The molecule has 0 saturated heterocycles. The summed E-state index contributed by atoms with van der Waals surface area (Å²) in [5, 5.41) is 3.34. The van der Waals surface area contributed by atoms with Crippen LogP contribution in [0, 0.1) is 0 Å². The largest absolute Gasteiger partial charge is 0.493 e. The number of hydrogen-bond donors (Lipinski definition) is 1. The number of benzene rings is 1. The van der Waals surface area contributed by atoms with E-state index in [1.165, 1.54) is 0 Å². The lowest BCUT2D eigenvalue weighted by Gasteiger charge is -2.16. The maximum absolute atomic E-state index is 5.42. The number of hydrogen-bond acceptors (Lipinski definition) is 5. The molecule has 1 aromatic rings. The third kappa shape index (κ3) is 4.29. The van der Waals surface area contributed by atoms with Crippen molar-refractivity contribution in [1.82, 2.24) is 5.32 Å². The molecule has 1 rings (SSSR count). The monoisotopic (exact) mass is 269 g/mol. The summed E-state index contributed by atoms with van der Waals surface area (Å²) in [6, 6.07) is 3.86. The van der Waals surface area contributed by atoms with Crippen molar-refractivity contribution in [1.29, 1.82) is 0 Å². The molecular formula is C14H23NO4. The zero-order valence-electron chi connectivity index (χ0n) is 12.1. The summed E-state index contributed by atoms with van der Waals surface area (Å²) in [5.74, 6) is 2.00. The minimum Gasteiger partial charge on any atom is -0.493 e. The predicted molar refractivity (Wildman–Crippen MR) is 74.3 cm³/mol. The maximum Gasteiger partial charge on any atom is 0.203 e. The van der Waals surface area contributed by atoms with Gasteiger partial charge in [-0.25, -0.2) is 0 Å². The van der Waals surface area contributed by atoms with E-state index in [0.717, 1.165) is 25.1 Å². The van der Waals surface area contributed by atoms with E-state index in [0.29, 0.717) is 23.8 Å². The van der Waals surface area contributed by atoms with E-state index in [1.54, 1.807) is 28.4 Å². The van der Waals surface area contributed by atoms with Crippen molar-refractivity contribution in [2.45, 2.75) is 13.0 Å². The van der Waals surface area contributed by atoms with Gasteiger partial charge in [-0.2, -0.15) is 0 Å². The van der Waals surface area contributed by atoms with Crippen LogP contribution in [0.3, 0.4) is 0 Å². The molecule has 5 heteroatoms. The highest BCUT2D eigenvalue weighted by Gasteiger charge is 2.15. The van der Waals surface area contributed by atoms with Crippen LogP contribution in [-0.4, -0.2) is 41.6 Å². The van der Waals surface area contributed by atoms with Crippen LogP contribution >= 0.6 is 0 Å². The lowest BCUT2D eigenvalue weighted by atomic mass is 10.1. The van der Waals surface area contributed by atoms with Gasteiger partial charge >= 0.3 is 0 Å². The summed E-state index contributed by atoms with van der Waals surface area (Å²) in [6.45, 7) is 2.37. The Hall–Kier alpha value is -1.46. The molecule has 0 atom stereocenters. The fraction of sp³-hybridized carbons (Fsp3) is 0.571. The molecule has 19 heavy (non-hydrogen) atoms. The normalized spacial score (nSPS) is 10.3. The first-order valence-corrected chi connectivity index (χ1v) is 6.26. The van der Waals surface area contributed by atoms with E-state index in [2.05, 4.69) is 5.32 Å². The average Bonchev–Trinajstić information content (AvgIpc) is 2.45. The molecular weight excluding hydrogens is 246 g/mol. The first-order valence-electron chi connectivity index (χ1n) is 6.26. The molecule has 0 fully saturated rings. The summed E-state index contributed by atoms with van der Waals surface area (Å²) in [5.41, 5.74) is 1.04. The van der Waals surface area contributed by atoms with E-state index in [-0.39, 0.29) is 0 Å².